The van der Waals surface area contributed by atoms with Crippen molar-refractivity contribution in [1.82, 2.24) is 5.32 Å². The summed E-state index contributed by atoms with van der Waals surface area (Å²) in [5, 5.41) is 2.17. The van der Waals surface area contributed by atoms with Gasteiger partial charge in [0, 0.05) is 5.56 Å². The third-order valence-corrected chi connectivity index (χ3v) is 3.75. The first-order valence-electron chi connectivity index (χ1n) is 8.16. The number of esters is 1. The highest BCUT2D eigenvalue weighted by Gasteiger charge is 2.14. The lowest BCUT2D eigenvalue weighted by atomic mass is 10.0. The Balaban J connectivity index is 1.85. The van der Waals surface area contributed by atoms with E-state index in [2.05, 4.69) is 19.2 Å². The zero-order valence-corrected chi connectivity index (χ0v) is 14.9. The highest BCUT2D eigenvalue weighted by Crippen LogP contribution is 2.15. The number of hydrogen-bond acceptors (Lipinski definition) is 5. The topological polar surface area (TPSA) is 81.7 Å². The average Bonchev–Trinajstić information content (AvgIpc) is 2.66. The largest absolute Gasteiger partial charge is 0.497 e. The molecule has 2 aromatic carbocycles. The molecular weight excluding hydrogens is 334 g/mol. The lowest BCUT2D eigenvalue weighted by Gasteiger charge is -2.08. The fourth-order valence-electron chi connectivity index (χ4n) is 2.20. The quantitative estimate of drug-likeness (QED) is 0.806. The highest BCUT2D eigenvalue weighted by atomic mass is 16.5. The summed E-state index contributed by atoms with van der Waals surface area (Å²) in [4.78, 5) is 35.7. The van der Waals surface area contributed by atoms with Crippen LogP contribution in [0.2, 0.25) is 0 Å². The molecule has 1 N–H and O–H groups in total. The minimum Gasteiger partial charge on any atom is -0.497 e. The van der Waals surface area contributed by atoms with E-state index in [9.17, 15) is 14.4 Å². The van der Waals surface area contributed by atoms with Crippen LogP contribution in [0.1, 0.15) is 46.0 Å². The molecule has 0 atom stereocenters. The van der Waals surface area contributed by atoms with E-state index < -0.39 is 24.4 Å². The van der Waals surface area contributed by atoms with E-state index in [0.717, 1.165) is 5.56 Å². The molecule has 2 rings (SSSR count). The number of carbonyl (C=O) groups is 3. The van der Waals surface area contributed by atoms with Crippen LogP contribution in [-0.4, -0.2) is 31.5 Å². The maximum atomic E-state index is 12.0. The number of methoxy groups -OCH3 is 1. The second kappa shape index (κ2) is 8.80. The van der Waals surface area contributed by atoms with Gasteiger partial charge < -0.3 is 9.47 Å². The zero-order chi connectivity index (χ0) is 19.1. The van der Waals surface area contributed by atoms with E-state index in [4.69, 9.17) is 9.47 Å². The zero-order valence-electron chi connectivity index (χ0n) is 14.9. The molecule has 0 fully saturated rings. The van der Waals surface area contributed by atoms with Gasteiger partial charge in [-0.2, -0.15) is 0 Å². The number of imide groups is 1. The number of benzene rings is 2. The van der Waals surface area contributed by atoms with Gasteiger partial charge in [0.1, 0.15) is 5.75 Å². The Bertz CT molecular complexity index is 779. The number of ether oxygens (including phenoxy) is 2. The summed E-state index contributed by atoms with van der Waals surface area (Å²) in [7, 11) is 1.52. The monoisotopic (exact) mass is 355 g/mol. The number of hydrogen-bond donors (Lipinski definition) is 1. The molecule has 0 aliphatic heterocycles. The molecule has 0 heterocycles. The van der Waals surface area contributed by atoms with Crippen LogP contribution in [0, 0.1) is 0 Å². The van der Waals surface area contributed by atoms with Gasteiger partial charge in [0.25, 0.3) is 11.8 Å². The Morgan fingerprint density at radius 3 is 2.04 bits per heavy atom. The minimum atomic E-state index is -0.696. The van der Waals surface area contributed by atoms with Crippen molar-refractivity contribution in [2.45, 2.75) is 19.8 Å². The third kappa shape index (κ3) is 5.17. The third-order valence-electron chi connectivity index (χ3n) is 3.75. The lowest BCUT2D eigenvalue weighted by molar-refractivity contribution is -0.123. The number of amides is 2. The summed E-state index contributed by atoms with van der Waals surface area (Å²) >= 11 is 0. The summed E-state index contributed by atoms with van der Waals surface area (Å²) < 4.78 is 9.94. The van der Waals surface area contributed by atoms with Crippen LogP contribution in [0.15, 0.2) is 48.5 Å². The first-order valence-corrected chi connectivity index (χ1v) is 8.16. The Morgan fingerprint density at radius 1 is 0.923 bits per heavy atom. The van der Waals surface area contributed by atoms with Crippen LogP contribution < -0.4 is 10.1 Å². The van der Waals surface area contributed by atoms with Gasteiger partial charge in [0.15, 0.2) is 6.61 Å². The molecule has 26 heavy (non-hydrogen) atoms. The van der Waals surface area contributed by atoms with Gasteiger partial charge in [-0.1, -0.05) is 26.0 Å². The van der Waals surface area contributed by atoms with Crippen molar-refractivity contribution in [2.24, 2.45) is 0 Å². The fraction of sp³-hybridized carbons (Fsp3) is 0.250. The Kier molecular flexibility index (Phi) is 6.49. The molecule has 0 aliphatic carbocycles. The van der Waals surface area contributed by atoms with E-state index in [-0.39, 0.29) is 0 Å². The van der Waals surface area contributed by atoms with Gasteiger partial charge in [-0.15, -0.1) is 0 Å². The van der Waals surface area contributed by atoms with E-state index >= 15 is 0 Å². The van der Waals surface area contributed by atoms with E-state index in [1.807, 2.05) is 12.1 Å². The summed E-state index contributed by atoms with van der Waals surface area (Å²) in [5.41, 5.74) is 1.75. The van der Waals surface area contributed by atoms with Gasteiger partial charge in [-0.3, -0.25) is 14.9 Å². The second-order valence-electron chi connectivity index (χ2n) is 5.96. The summed E-state index contributed by atoms with van der Waals surface area (Å²) in [6.45, 7) is 3.57. The van der Waals surface area contributed by atoms with Gasteiger partial charge in [0.2, 0.25) is 0 Å². The molecule has 0 aliphatic rings. The van der Waals surface area contributed by atoms with Crippen LogP contribution in [0.25, 0.3) is 0 Å². The van der Waals surface area contributed by atoms with Crippen LogP contribution in [0.3, 0.4) is 0 Å². The molecular formula is C20H21NO5. The van der Waals surface area contributed by atoms with Gasteiger partial charge in [0.05, 0.1) is 12.7 Å². The van der Waals surface area contributed by atoms with E-state index in [1.54, 1.807) is 24.3 Å². The molecule has 136 valence electrons. The first-order chi connectivity index (χ1) is 12.4. The average molecular weight is 355 g/mol. The predicted octanol–water partition coefficient (Wildman–Crippen LogP) is 2.93. The van der Waals surface area contributed by atoms with Crippen molar-refractivity contribution in [3.8, 4) is 5.75 Å². The fourth-order valence-corrected chi connectivity index (χ4v) is 2.20. The van der Waals surface area contributed by atoms with Crippen LogP contribution in [0.5, 0.6) is 5.75 Å². The van der Waals surface area contributed by atoms with E-state index in [0.29, 0.717) is 22.8 Å². The Labute approximate surface area is 152 Å². The first kappa shape index (κ1) is 19.2. The highest BCUT2D eigenvalue weighted by molar-refractivity contribution is 6.05. The van der Waals surface area contributed by atoms with Crippen LogP contribution >= 0.6 is 0 Å². The SMILES string of the molecule is COc1ccc(C(=O)NC(=O)COC(=O)c2ccc(C(C)C)cc2)cc1. The van der Waals surface area contributed by atoms with Crippen molar-refractivity contribution in [1.29, 1.82) is 0 Å². The molecule has 0 aromatic heterocycles. The Hall–Kier alpha value is -3.15. The Morgan fingerprint density at radius 2 is 1.50 bits per heavy atom. The standard InChI is InChI=1S/C20H21NO5/c1-13(2)14-4-6-16(7-5-14)20(24)26-12-18(22)21-19(23)15-8-10-17(25-3)11-9-15/h4-11,13H,12H2,1-3H3,(H,21,22,23). The predicted molar refractivity (Wildman–Crippen MR) is 96.3 cm³/mol. The summed E-state index contributed by atoms with van der Waals surface area (Å²) in [5.74, 6) is -0.930. The molecule has 0 saturated carbocycles. The van der Waals surface area contributed by atoms with Crippen LogP contribution in [-0.2, 0) is 9.53 Å². The maximum absolute atomic E-state index is 12.0. The number of carbonyl (C=O) groups excluding carboxylic acids is 3. The lowest BCUT2D eigenvalue weighted by Crippen LogP contribution is -2.34. The van der Waals surface area contributed by atoms with Crippen molar-refractivity contribution >= 4 is 17.8 Å². The normalized spacial score (nSPS) is 10.3. The molecule has 6 heteroatoms. The van der Waals surface area contributed by atoms with Gasteiger partial charge in [-0.25, -0.2) is 4.79 Å². The number of rotatable bonds is 6. The van der Waals surface area contributed by atoms with Gasteiger partial charge in [-0.05, 0) is 47.9 Å². The van der Waals surface area contributed by atoms with Crippen molar-refractivity contribution in [2.75, 3.05) is 13.7 Å². The van der Waals surface area contributed by atoms with Crippen molar-refractivity contribution < 1.29 is 23.9 Å². The summed E-state index contributed by atoms with van der Waals surface area (Å²) in [6, 6.07) is 13.3. The van der Waals surface area contributed by atoms with Gasteiger partial charge >= 0.3 is 5.97 Å². The molecule has 2 aromatic rings. The molecule has 0 saturated heterocycles. The number of nitrogens with one attached hydrogen (secondary N) is 1. The van der Waals surface area contributed by atoms with Crippen LogP contribution in [0.4, 0.5) is 0 Å². The molecule has 6 nitrogen and oxygen atoms in total. The molecule has 0 radical (unpaired) electrons. The smallest absolute Gasteiger partial charge is 0.338 e. The summed E-state index contributed by atoms with van der Waals surface area (Å²) in [6.07, 6.45) is 0. The molecule has 0 unspecified atom stereocenters. The molecule has 2 amide bonds. The molecule has 0 spiro atoms. The maximum Gasteiger partial charge on any atom is 0.338 e. The molecule has 0 bridgehead atoms. The second-order valence-corrected chi connectivity index (χ2v) is 5.96. The minimum absolute atomic E-state index is 0.301. The van der Waals surface area contributed by atoms with Crippen molar-refractivity contribution in [3.63, 3.8) is 0 Å². The van der Waals surface area contributed by atoms with Crippen molar-refractivity contribution in [3.05, 3.63) is 65.2 Å². The van der Waals surface area contributed by atoms with E-state index in [1.165, 1.54) is 19.2 Å².